The molecular formula is C29H40ClN3O5S. The van der Waals surface area contributed by atoms with Crippen molar-refractivity contribution in [3.63, 3.8) is 0 Å². The summed E-state index contributed by atoms with van der Waals surface area (Å²) in [4.78, 5) is 18.7. The molecule has 6 aliphatic rings. The molecule has 39 heavy (non-hydrogen) atoms. The number of halogens is 1. The van der Waals surface area contributed by atoms with Crippen LogP contribution in [0.25, 0.3) is 0 Å². The van der Waals surface area contributed by atoms with Crippen molar-refractivity contribution in [3.8, 4) is 0 Å². The second-order valence-electron chi connectivity index (χ2n) is 12.7. The molecule has 214 valence electrons. The monoisotopic (exact) mass is 577 g/mol. The molecule has 4 saturated heterocycles. The first-order chi connectivity index (χ1) is 18.9. The number of carbonyl (C=O) groups is 1. The lowest BCUT2D eigenvalue weighted by Gasteiger charge is -2.46. The number of hydrogen-bond acceptors (Lipinski definition) is 6. The number of sulfonamides is 1. The Balaban J connectivity index is 1.11. The zero-order chi connectivity index (χ0) is 26.8. The van der Waals surface area contributed by atoms with Crippen molar-refractivity contribution in [2.45, 2.75) is 111 Å². The quantitative estimate of drug-likeness (QED) is 0.489. The number of hydrogen-bond donors (Lipinski definition) is 0. The molecule has 1 aromatic carbocycles. The Morgan fingerprint density at radius 1 is 0.923 bits per heavy atom. The van der Waals surface area contributed by atoms with Gasteiger partial charge in [-0.3, -0.25) is 0 Å². The molecule has 0 spiro atoms. The number of amides is 1. The first kappa shape index (κ1) is 26.5. The number of carbonyl (C=O) groups excluding carboxylic acids is 1. The fourth-order valence-corrected chi connectivity index (χ4v) is 9.87. The number of rotatable bonds is 6. The first-order valence-corrected chi connectivity index (χ1v) is 16.8. The number of fused-ring (bicyclic) bond motifs is 2. The minimum absolute atomic E-state index is 0.217. The van der Waals surface area contributed by atoms with Gasteiger partial charge in [0.15, 0.2) is 0 Å². The molecule has 7 rings (SSSR count). The highest BCUT2D eigenvalue weighted by molar-refractivity contribution is 7.89. The van der Waals surface area contributed by atoms with Crippen molar-refractivity contribution < 1.29 is 22.7 Å². The van der Waals surface area contributed by atoms with E-state index in [1.54, 1.807) is 28.6 Å². The Bertz CT molecular complexity index is 1170. The fraction of sp³-hybridized carbons (Fsp3) is 0.759. The molecule has 10 heteroatoms. The summed E-state index contributed by atoms with van der Waals surface area (Å²) in [6.07, 6.45) is 11.1. The van der Waals surface area contributed by atoms with Gasteiger partial charge in [0.2, 0.25) is 10.0 Å². The van der Waals surface area contributed by atoms with Gasteiger partial charge in [0.05, 0.1) is 30.2 Å². The summed E-state index contributed by atoms with van der Waals surface area (Å²) in [5, 5.41) is 0.498. The number of likely N-dealkylation sites (tertiary alicyclic amines) is 1. The lowest BCUT2D eigenvalue weighted by atomic mass is 9.94. The number of ether oxygens (including phenoxy) is 2. The van der Waals surface area contributed by atoms with Crippen LogP contribution in [0.5, 0.6) is 0 Å². The van der Waals surface area contributed by atoms with Crippen LogP contribution in [0.1, 0.15) is 70.6 Å². The van der Waals surface area contributed by atoms with Crippen LogP contribution in [-0.4, -0.2) is 90.7 Å². The average molecular weight is 578 g/mol. The molecule has 2 saturated carbocycles. The first-order valence-electron chi connectivity index (χ1n) is 15.0. The molecule has 0 radical (unpaired) electrons. The zero-order valence-corrected chi connectivity index (χ0v) is 24.1. The largest absolute Gasteiger partial charge is 0.441 e. The summed E-state index contributed by atoms with van der Waals surface area (Å²) in [6.45, 7) is 2.98. The Hall–Kier alpha value is -1.39. The van der Waals surface area contributed by atoms with E-state index in [-0.39, 0.29) is 41.6 Å². The summed E-state index contributed by atoms with van der Waals surface area (Å²) >= 11 is 6.07. The van der Waals surface area contributed by atoms with Gasteiger partial charge in [-0.2, -0.15) is 4.31 Å². The van der Waals surface area contributed by atoms with E-state index >= 15 is 0 Å². The highest BCUT2D eigenvalue weighted by atomic mass is 35.5. The molecule has 2 aliphatic carbocycles. The molecule has 4 atom stereocenters. The smallest absolute Gasteiger partial charge is 0.410 e. The number of nitrogens with zero attached hydrogens (tertiary/aromatic N) is 3. The normalized spacial score (nSPS) is 35.1. The van der Waals surface area contributed by atoms with Crippen LogP contribution < -0.4 is 0 Å². The topological polar surface area (TPSA) is 79.4 Å². The molecule has 0 aromatic heterocycles. The van der Waals surface area contributed by atoms with E-state index in [0.717, 1.165) is 38.5 Å². The summed E-state index contributed by atoms with van der Waals surface area (Å²) in [7, 11) is -3.83. The van der Waals surface area contributed by atoms with E-state index < -0.39 is 21.7 Å². The van der Waals surface area contributed by atoms with Crippen molar-refractivity contribution in [3.05, 3.63) is 29.3 Å². The third-order valence-electron chi connectivity index (χ3n) is 10.2. The number of piperidine rings is 2. The lowest BCUT2D eigenvalue weighted by Crippen LogP contribution is -2.62. The van der Waals surface area contributed by atoms with E-state index in [2.05, 4.69) is 4.90 Å². The van der Waals surface area contributed by atoms with Gasteiger partial charge in [-0.1, -0.05) is 18.0 Å². The second-order valence-corrected chi connectivity index (χ2v) is 15.0. The van der Waals surface area contributed by atoms with Crippen LogP contribution in [0.2, 0.25) is 5.02 Å². The second kappa shape index (κ2) is 10.2. The Morgan fingerprint density at radius 3 is 2.21 bits per heavy atom. The lowest BCUT2D eigenvalue weighted by molar-refractivity contribution is -0.0795. The van der Waals surface area contributed by atoms with E-state index in [1.165, 1.54) is 32.4 Å². The highest BCUT2D eigenvalue weighted by Gasteiger charge is 2.62. The van der Waals surface area contributed by atoms with Gasteiger partial charge >= 0.3 is 6.09 Å². The molecule has 2 unspecified atom stereocenters. The number of benzene rings is 1. The Morgan fingerprint density at radius 2 is 1.59 bits per heavy atom. The van der Waals surface area contributed by atoms with E-state index in [1.807, 2.05) is 4.90 Å². The molecule has 1 amide bonds. The zero-order valence-electron chi connectivity index (χ0n) is 22.5. The predicted octanol–water partition coefficient (Wildman–Crippen LogP) is 4.66. The van der Waals surface area contributed by atoms with Crippen molar-refractivity contribution in [2.75, 3.05) is 26.3 Å². The summed E-state index contributed by atoms with van der Waals surface area (Å²) in [5.74, 6) is 0.283. The SMILES string of the molecule is O=C(OC1([C@H]2COC[C@@H](C3CC3)N2S(=O)(=O)c2ccc(Cl)cc2)CC1)N1C2CCC1CC(N1CCCCC1)C2. The minimum atomic E-state index is -3.83. The molecule has 1 aromatic rings. The average Bonchev–Trinajstić information content (AvgIpc) is 3.88. The van der Waals surface area contributed by atoms with Gasteiger partial charge in [-0.15, -0.1) is 0 Å². The van der Waals surface area contributed by atoms with Crippen LogP contribution in [0.3, 0.4) is 0 Å². The highest BCUT2D eigenvalue weighted by Crippen LogP contribution is 2.51. The number of morpholine rings is 1. The maximum absolute atomic E-state index is 14.1. The minimum Gasteiger partial charge on any atom is -0.441 e. The third kappa shape index (κ3) is 4.90. The summed E-state index contributed by atoms with van der Waals surface area (Å²) in [6, 6.07) is 6.62. The van der Waals surface area contributed by atoms with Crippen LogP contribution in [0.15, 0.2) is 29.2 Å². The van der Waals surface area contributed by atoms with Crippen molar-refractivity contribution >= 4 is 27.7 Å². The van der Waals surface area contributed by atoms with Gasteiger partial charge in [0, 0.05) is 23.1 Å². The van der Waals surface area contributed by atoms with Crippen LogP contribution >= 0.6 is 11.6 Å². The third-order valence-corrected chi connectivity index (χ3v) is 12.4. The van der Waals surface area contributed by atoms with E-state index in [9.17, 15) is 13.2 Å². The summed E-state index contributed by atoms with van der Waals surface area (Å²) in [5.41, 5.74) is -0.826. The maximum Gasteiger partial charge on any atom is 0.410 e. The molecule has 6 fully saturated rings. The van der Waals surface area contributed by atoms with Gasteiger partial charge < -0.3 is 19.3 Å². The molecule has 4 aliphatic heterocycles. The van der Waals surface area contributed by atoms with E-state index in [0.29, 0.717) is 30.5 Å². The van der Waals surface area contributed by atoms with Crippen molar-refractivity contribution in [1.29, 1.82) is 0 Å². The van der Waals surface area contributed by atoms with Gasteiger partial charge in [-0.05, 0) is 107 Å². The molecular weight excluding hydrogens is 538 g/mol. The summed E-state index contributed by atoms with van der Waals surface area (Å²) < 4.78 is 42.2. The standard InChI is InChI=1S/C29H40ClN3O5S/c30-21-6-10-25(11-7-21)39(35,36)33-26(20-4-5-20)18-37-19-27(33)29(12-13-29)38-28(34)32-22-8-9-23(32)17-24(16-22)31-14-2-1-3-15-31/h6-7,10-11,20,22-24,26-27H,1-5,8-9,12-19H2/t22?,23?,24?,26-,27+/m0/s1. The predicted molar refractivity (Wildman–Crippen MR) is 147 cm³/mol. The van der Waals surface area contributed by atoms with E-state index in [4.69, 9.17) is 21.1 Å². The molecule has 8 nitrogen and oxygen atoms in total. The van der Waals surface area contributed by atoms with Gasteiger partial charge in [-0.25, -0.2) is 13.2 Å². The molecule has 2 bridgehead atoms. The van der Waals surface area contributed by atoms with Crippen LogP contribution in [0, 0.1) is 5.92 Å². The van der Waals surface area contributed by atoms with Crippen molar-refractivity contribution in [2.24, 2.45) is 5.92 Å². The van der Waals surface area contributed by atoms with Gasteiger partial charge in [0.25, 0.3) is 0 Å². The van der Waals surface area contributed by atoms with Crippen molar-refractivity contribution in [1.82, 2.24) is 14.1 Å². The molecule has 0 N–H and O–H groups in total. The molecule has 4 heterocycles. The Kier molecular flexibility index (Phi) is 6.90. The fourth-order valence-electron chi connectivity index (χ4n) is 7.84. The van der Waals surface area contributed by atoms with Gasteiger partial charge in [0.1, 0.15) is 5.60 Å². The van der Waals surface area contributed by atoms with Crippen LogP contribution in [-0.2, 0) is 19.5 Å². The maximum atomic E-state index is 14.1. The van der Waals surface area contributed by atoms with Crippen LogP contribution in [0.4, 0.5) is 4.79 Å². The Labute approximate surface area is 237 Å².